The van der Waals surface area contributed by atoms with Gasteiger partial charge in [0.2, 0.25) is 0 Å². The van der Waals surface area contributed by atoms with Gasteiger partial charge in [-0.2, -0.15) is 0 Å². The maximum Gasteiger partial charge on any atom is 0.300 e. The van der Waals surface area contributed by atoms with E-state index in [0.717, 1.165) is 49.2 Å². The van der Waals surface area contributed by atoms with Gasteiger partial charge in [-0.05, 0) is 167 Å². The fourth-order valence-electron chi connectivity index (χ4n) is 15.1. The van der Waals surface area contributed by atoms with Gasteiger partial charge in [0.15, 0.2) is 0 Å². The molecule has 464 valence electrons. The van der Waals surface area contributed by atoms with Crippen molar-refractivity contribution in [2.24, 2.45) is 0 Å². The van der Waals surface area contributed by atoms with Crippen LogP contribution in [0.2, 0.25) is 0 Å². The summed E-state index contributed by atoms with van der Waals surface area (Å²) in [6.07, 6.45) is 0. The van der Waals surface area contributed by atoms with E-state index in [9.17, 15) is 5.11 Å². The number of carbonyl (C=O) groups is 1. The Morgan fingerprint density at radius 3 is 1.02 bits per heavy atom. The number of halogens is 2. The average molecular weight is 1380 g/mol. The third kappa shape index (κ3) is 11.2. The van der Waals surface area contributed by atoms with Crippen LogP contribution >= 0.6 is 31.9 Å². The van der Waals surface area contributed by atoms with Crippen LogP contribution in [0.4, 0.5) is 0 Å². The smallest absolute Gasteiger partial charge is 0.300 e. The molecule has 0 saturated carbocycles. The van der Waals surface area contributed by atoms with Gasteiger partial charge in [0.1, 0.15) is 5.60 Å². The lowest BCUT2D eigenvalue weighted by Crippen LogP contribution is -2.29. The van der Waals surface area contributed by atoms with Gasteiger partial charge >= 0.3 is 0 Å². The monoisotopic (exact) mass is 1370 g/mol. The number of hydrogen-bond acceptors (Lipinski definition) is 2. The summed E-state index contributed by atoms with van der Waals surface area (Å²) in [4.78, 5) is 9.00. The van der Waals surface area contributed by atoms with Crippen LogP contribution < -0.4 is 0 Å². The first-order chi connectivity index (χ1) is 47.6. The zero-order chi connectivity index (χ0) is 66.0. The van der Waals surface area contributed by atoms with Crippen molar-refractivity contribution >= 4 is 80.9 Å². The molecule has 0 heterocycles. The molecule has 0 aromatic heterocycles. The Morgan fingerprint density at radius 1 is 0.299 bits per heavy atom. The van der Waals surface area contributed by atoms with E-state index in [4.69, 9.17) is 9.90 Å². The number of carboxylic acid groups (broad SMARTS) is 1. The molecule has 97 heavy (non-hydrogen) atoms. The van der Waals surface area contributed by atoms with Crippen molar-refractivity contribution in [3.63, 3.8) is 0 Å². The van der Waals surface area contributed by atoms with Crippen molar-refractivity contribution in [3.8, 4) is 66.8 Å². The van der Waals surface area contributed by atoms with Gasteiger partial charge in [-0.3, -0.25) is 4.79 Å². The first-order valence-corrected chi connectivity index (χ1v) is 34.2. The number of aliphatic carboxylic acids is 1. The van der Waals surface area contributed by atoms with Gasteiger partial charge in [-0.1, -0.05) is 366 Å². The maximum atomic E-state index is 13.0. The number of benzene rings is 16. The Balaban J connectivity index is 0.000000151. The van der Waals surface area contributed by atoms with Crippen molar-refractivity contribution < 1.29 is 15.0 Å². The average Bonchev–Trinajstić information content (AvgIpc) is 1.70. The molecule has 0 saturated heterocycles. The summed E-state index contributed by atoms with van der Waals surface area (Å²) in [7, 11) is 0. The van der Waals surface area contributed by atoms with Crippen LogP contribution in [0.25, 0.3) is 110 Å². The third-order valence-electron chi connectivity index (χ3n) is 19.0. The van der Waals surface area contributed by atoms with Gasteiger partial charge in [0, 0.05) is 21.4 Å². The minimum absolute atomic E-state index is 0.434. The van der Waals surface area contributed by atoms with E-state index < -0.39 is 17.0 Å². The summed E-state index contributed by atoms with van der Waals surface area (Å²) in [5.74, 6) is -0.833. The second kappa shape index (κ2) is 26.6. The molecule has 0 radical (unpaired) electrons. The number of fused-ring (bicyclic) bond motifs is 7. The highest BCUT2D eigenvalue weighted by Crippen LogP contribution is 2.57. The molecule has 16 aromatic rings. The molecule has 0 aliphatic heterocycles. The molecule has 0 spiro atoms. The molecular weight excluding hydrogens is 1310 g/mol. The van der Waals surface area contributed by atoms with E-state index in [0.29, 0.717) is 0 Å². The lowest BCUT2D eigenvalue weighted by atomic mass is 9.67. The highest BCUT2D eigenvalue weighted by Gasteiger charge is 2.46. The summed E-state index contributed by atoms with van der Waals surface area (Å²) in [6, 6.07) is 128. The van der Waals surface area contributed by atoms with Crippen molar-refractivity contribution in [2.75, 3.05) is 0 Å². The van der Waals surface area contributed by atoms with E-state index in [2.05, 4.69) is 329 Å². The van der Waals surface area contributed by atoms with Gasteiger partial charge in [-0.15, -0.1) is 0 Å². The molecule has 17 rings (SSSR count). The number of carboxylic acids is 1. The zero-order valence-corrected chi connectivity index (χ0v) is 56.3. The molecular formula is C92H64Br2O3. The summed E-state index contributed by atoms with van der Waals surface area (Å²) < 4.78 is 2.00. The van der Waals surface area contributed by atoms with Crippen molar-refractivity contribution in [1.82, 2.24) is 0 Å². The first kappa shape index (κ1) is 62.1. The minimum atomic E-state index is -1.41. The van der Waals surface area contributed by atoms with E-state index in [-0.39, 0.29) is 0 Å². The predicted molar refractivity (Wildman–Crippen MR) is 411 cm³/mol. The molecule has 1 unspecified atom stereocenters. The van der Waals surface area contributed by atoms with Crippen molar-refractivity contribution in [2.45, 2.75) is 17.9 Å². The number of hydrogen-bond donors (Lipinski definition) is 2. The van der Waals surface area contributed by atoms with Crippen LogP contribution in [0.15, 0.2) is 367 Å². The highest BCUT2D eigenvalue weighted by atomic mass is 79.9. The Bertz CT molecular complexity index is 5430. The maximum absolute atomic E-state index is 13.0. The van der Waals surface area contributed by atoms with Crippen LogP contribution in [0.1, 0.15) is 45.9 Å². The number of rotatable bonds is 10. The zero-order valence-electron chi connectivity index (χ0n) is 53.1. The van der Waals surface area contributed by atoms with Crippen molar-refractivity contribution in [1.29, 1.82) is 0 Å². The SMILES string of the molecule is Brc1cccc(C2(c3ccc(-c4c5ccccc5c(-c5ccccc5)c5ccccc45)cc3)c3ccccc3-c3ccccc32)c1.CC(=O)O.OC(c1ccc(-c2c3ccccc3c(-c3ccccc3)c3ccccc23)cc1)(c1cccc(Br)c1)c1ccccc1-c1ccccc1. The van der Waals surface area contributed by atoms with Crippen LogP contribution in [-0.2, 0) is 15.8 Å². The van der Waals surface area contributed by atoms with Gasteiger partial charge in [0.05, 0.1) is 5.41 Å². The lowest BCUT2D eigenvalue weighted by molar-refractivity contribution is -0.134. The van der Waals surface area contributed by atoms with E-state index in [1.54, 1.807) is 0 Å². The lowest BCUT2D eigenvalue weighted by Gasteiger charge is -2.34. The second-order valence-corrected chi connectivity index (χ2v) is 26.4. The molecule has 1 aliphatic rings. The second-order valence-electron chi connectivity index (χ2n) is 24.6. The Labute approximate surface area is 582 Å². The summed E-state index contributed by atoms with van der Waals surface area (Å²) in [5, 5.41) is 30.4. The van der Waals surface area contributed by atoms with E-state index in [1.165, 1.54) is 115 Å². The standard InChI is InChI=1S/C45H31BrO.C45H29Br.C2H4O2/c46-36-19-13-18-35(30-36)45(47,42-25-12-11-20-37(42)31-14-3-1-4-15-31)34-28-26-33(27-29-34)44-40-23-9-7-21-38(40)43(32-16-5-2-6-17-32)39-22-8-10-24-41(39)44;46-34-16-12-15-33(29-34)45(41-23-10-8-17-35(41)36-18-9-11-24-42(36)45)32-27-25-31(26-28-32)44-39-21-6-4-19-37(39)43(30-13-2-1-3-14-30)38-20-5-7-22-40(38)44;1-2(3)4/h1-30,47H;1-29H;1H3,(H,3,4). The van der Waals surface area contributed by atoms with Crippen LogP contribution in [0.3, 0.4) is 0 Å². The van der Waals surface area contributed by atoms with E-state index >= 15 is 0 Å². The van der Waals surface area contributed by atoms with Gasteiger partial charge in [-0.25, -0.2) is 0 Å². The molecule has 1 aliphatic carbocycles. The summed E-state index contributed by atoms with van der Waals surface area (Å²) in [6.45, 7) is 1.08. The third-order valence-corrected chi connectivity index (χ3v) is 20.0. The molecule has 16 aromatic carbocycles. The Morgan fingerprint density at radius 2 is 0.619 bits per heavy atom. The van der Waals surface area contributed by atoms with Crippen molar-refractivity contribution in [3.05, 3.63) is 406 Å². The summed E-state index contributed by atoms with van der Waals surface area (Å²) >= 11 is 7.46. The first-order valence-electron chi connectivity index (χ1n) is 32.6. The predicted octanol–water partition coefficient (Wildman–Crippen LogP) is 24.6. The molecule has 3 nitrogen and oxygen atoms in total. The molecule has 1 atom stereocenters. The fourth-order valence-corrected chi connectivity index (χ4v) is 15.9. The quantitative estimate of drug-likeness (QED) is 0.106. The molecule has 5 heteroatoms. The normalized spacial score (nSPS) is 12.6. The summed E-state index contributed by atoms with van der Waals surface area (Å²) in [5.41, 5.74) is 20.2. The van der Waals surface area contributed by atoms with Gasteiger partial charge < -0.3 is 10.2 Å². The molecule has 2 N–H and O–H groups in total. The highest BCUT2D eigenvalue weighted by molar-refractivity contribution is 9.10. The largest absolute Gasteiger partial charge is 0.481 e. The van der Waals surface area contributed by atoms with E-state index in [1.807, 2.05) is 60.7 Å². The minimum Gasteiger partial charge on any atom is -0.481 e. The van der Waals surface area contributed by atoms with Crippen LogP contribution in [-0.4, -0.2) is 16.2 Å². The van der Waals surface area contributed by atoms with Crippen LogP contribution in [0, 0.1) is 0 Å². The topological polar surface area (TPSA) is 57.5 Å². The molecule has 0 amide bonds. The number of aliphatic hydroxyl groups is 1. The molecule has 0 bridgehead atoms. The fraction of sp³-hybridized carbons (Fsp3) is 0.0326. The Hall–Kier alpha value is -11.1. The Kier molecular flexibility index (Phi) is 17.0. The van der Waals surface area contributed by atoms with Crippen LogP contribution in [0.5, 0.6) is 0 Å². The molecule has 0 fully saturated rings. The van der Waals surface area contributed by atoms with Gasteiger partial charge in [0.25, 0.3) is 5.97 Å².